The molecular formula is C17H25N3O3. The second kappa shape index (κ2) is 7.57. The molecule has 0 radical (unpaired) electrons. The van der Waals surface area contributed by atoms with E-state index in [0.717, 1.165) is 6.42 Å². The molecule has 23 heavy (non-hydrogen) atoms. The third-order valence-electron chi connectivity index (χ3n) is 4.48. The van der Waals surface area contributed by atoms with E-state index in [1.165, 1.54) is 11.1 Å². The van der Waals surface area contributed by atoms with E-state index in [4.69, 9.17) is 10.8 Å². The first-order valence-corrected chi connectivity index (χ1v) is 7.94. The SMILES string of the molecule is Cc1ccccc1[C@@H]1CC(NCC(C)C(=O)O)C(CC(N)=O)N1. The molecule has 0 spiro atoms. The van der Waals surface area contributed by atoms with Gasteiger partial charge in [-0.2, -0.15) is 0 Å². The lowest BCUT2D eigenvalue weighted by atomic mass is 9.98. The maximum atomic E-state index is 11.3. The van der Waals surface area contributed by atoms with Gasteiger partial charge in [0.2, 0.25) is 5.91 Å². The maximum Gasteiger partial charge on any atom is 0.307 e. The highest BCUT2D eigenvalue weighted by atomic mass is 16.4. The molecule has 1 heterocycles. The van der Waals surface area contributed by atoms with E-state index in [0.29, 0.717) is 6.54 Å². The van der Waals surface area contributed by atoms with Gasteiger partial charge in [-0.1, -0.05) is 31.2 Å². The molecule has 4 atom stereocenters. The highest BCUT2D eigenvalue weighted by Gasteiger charge is 2.35. The van der Waals surface area contributed by atoms with Crippen molar-refractivity contribution in [1.29, 1.82) is 0 Å². The third-order valence-corrected chi connectivity index (χ3v) is 4.48. The van der Waals surface area contributed by atoms with E-state index in [2.05, 4.69) is 29.7 Å². The number of benzene rings is 1. The molecule has 6 nitrogen and oxygen atoms in total. The van der Waals surface area contributed by atoms with E-state index < -0.39 is 11.9 Å². The Morgan fingerprint density at radius 3 is 2.74 bits per heavy atom. The van der Waals surface area contributed by atoms with E-state index in [1.54, 1.807) is 6.92 Å². The Labute approximate surface area is 136 Å². The van der Waals surface area contributed by atoms with Gasteiger partial charge in [-0.05, 0) is 24.5 Å². The molecule has 1 fully saturated rings. The zero-order valence-electron chi connectivity index (χ0n) is 13.6. The molecule has 1 aromatic rings. The van der Waals surface area contributed by atoms with Gasteiger partial charge in [0, 0.05) is 31.1 Å². The van der Waals surface area contributed by atoms with E-state index in [1.807, 2.05) is 12.1 Å². The first-order valence-electron chi connectivity index (χ1n) is 7.94. The monoisotopic (exact) mass is 319 g/mol. The Kier molecular flexibility index (Phi) is 5.74. The number of primary amides is 1. The molecule has 3 unspecified atom stereocenters. The topological polar surface area (TPSA) is 104 Å². The Morgan fingerprint density at radius 2 is 2.13 bits per heavy atom. The van der Waals surface area contributed by atoms with Crippen molar-refractivity contribution in [3.63, 3.8) is 0 Å². The Morgan fingerprint density at radius 1 is 1.43 bits per heavy atom. The molecule has 5 N–H and O–H groups in total. The summed E-state index contributed by atoms with van der Waals surface area (Å²) in [7, 11) is 0. The molecule has 1 aromatic carbocycles. The standard InChI is InChI=1S/C17H25N3O3/c1-10-5-3-4-6-12(10)13-7-14(15(20-13)8-16(18)21)19-9-11(2)17(22)23/h3-6,11,13-15,19-20H,7-9H2,1-2H3,(H2,18,21)(H,22,23)/t11?,13-,14?,15?/m0/s1. The number of carboxylic acid groups (broad SMARTS) is 1. The maximum absolute atomic E-state index is 11.3. The molecule has 0 aromatic heterocycles. The van der Waals surface area contributed by atoms with Crippen molar-refractivity contribution in [1.82, 2.24) is 10.6 Å². The minimum Gasteiger partial charge on any atom is -0.481 e. The number of amides is 1. The number of carbonyl (C=O) groups is 2. The summed E-state index contributed by atoms with van der Waals surface area (Å²) >= 11 is 0. The highest BCUT2D eigenvalue weighted by molar-refractivity contribution is 5.74. The predicted molar refractivity (Wildman–Crippen MR) is 87.9 cm³/mol. The number of aryl methyl sites for hydroxylation is 1. The van der Waals surface area contributed by atoms with Crippen LogP contribution in [-0.2, 0) is 9.59 Å². The first-order chi connectivity index (χ1) is 10.9. The highest BCUT2D eigenvalue weighted by Crippen LogP contribution is 2.30. The quantitative estimate of drug-likeness (QED) is 0.599. The van der Waals surface area contributed by atoms with Crippen LogP contribution in [0.2, 0.25) is 0 Å². The molecule has 0 saturated carbocycles. The number of hydrogen-bond donors (Lipinski definition) is 4. The van der Waals surface area contributed by atoms with Crippen molar-refractivity contribution in [2.75, 3.05) is 6.54 Å². The summed E-state index contributed by atoms with van der Waals surface area (Å²) in [5.74, 6) is -1.65. The van der Waals surface area contributed by atoms with Crippen molar-refractivity contribution >= 4 is 11.9 Å². The van der Waals surface area contributed by atoms with Crippen molar-refractivity contribution in [3.8, 4) is 0 Å². The largest absolute Gasteiger partial charge is 0.481 e. The minimum atomic E-state index is -0.828. The molecule has 0 aliphatic carbocycles. The summed E-state index contributed by atoms with van der Waals surface area (Å²) in [5, 5.41) is 15.8. The number of carbonyl (C=O) groups excluding carboxylic acids is 1. The van der Waals surface area contributed by atoms with Gasteiger partial charge < -0.3 is 21.5 Å². The average Bonchev–Trinajstić information content (AvgIpc) is 2.87. The lowest BCUT2D eigenvalue weighted by Crippen LogP contribution is -2.44. The Hall–Kier alpha value is -1.92. The van der Waals surface area contributed by atoms with E-state index in [-0.39, 0.29) is 30.5 Å². The van der Waals surface area contributed by atoms with Crippen LogP contribution in [0.25, 0.3) is 0 Å². The third kappa shape index (κ3) is 4.53. The molecule has 126 valence electrons. The number of nitrogens with two attached hydrogens (primary N) is 1. The van der Waals surface area contributed by atoms with Crippen molar-refractivity contribution in [2.45, 2.75) is 44.8 Å². The Bertz CT molecular complexity index is 576. The number of hydrogen-bond acceptors (Lipinski definition) is 4. The summed E-state index contributed by atoms with van der Waals surface area (Å²) in [4.78, 5) is 22.3. The molecule has 1 saturated heterocycles. The minimum absolute atomic E-state index is 0.0221. The number of aliphatic carboxylic acids is 1. The van der Waals surface area contributed by atoms with Crippen LogP contribution < -0.4 is 16.4 Å². The molecular weight excluding hydrogens is 294 g/mol. The van der Waals surface area contributed by atoms with Crippen LogP contribution in [0.15, 0.2) is 24.3 Å². The van der Waals surface area contributed by atoms with Gasteiger partial charge in [-0.3, -0.25) is 9.59 Å². The summed E-state index contributed by atoms with van der Waals surface area (Å²) in [6.07, 6.45) is 1.04. The lowest BCUT2D eigenvalue weighted by molar-refractivity contribution is -0.141. The summed E-state index contributed by atoms with van der Waals surface area (Å²) in [5.41, 5.74) is 7.75. The Balaban J connectivity index is 2.07. The van der Waals surface area contributed by atoms with Crippen LogP contribution in [0.3, 0.4) is 0 Å². The van der Waals surface area contributed by atoms with Crippen LogP contribution >= 0.6 is 0 Å². The van der Waals surface area contributed by atoms with Crippen LogP contribution in [0.4, 0.5) is 0 Å². The van der Waals surface area contributed by atoms with Gasteiger partial charge in [0.25, 0.3) is 0 Å². The number of nitrogens with one attached hydrogen (secondary N) is 2. The van der Waals surface area contributed by atoms with Gasteiger partial charge in [-0.15, -0.1) is 0 Å². The molecule has 6 heteroatoms. The second-order valence-electron chi connectivity index (χ2n) is 6.34. The van der Waals surface area contributed by atoms with Crippen LogP contribution in [0, 0.1) is 12.8 Å². The van der Waals surface area contributed by atoms with E-state index in [9.17, 15) is 9.59 Å². The zero-order chi connectivity index (χ0) is 17.0. The average molecular weight is 319 g/mol. The fraction of sp³-hybridized carbons (Fsp3) is 0.529. The van der Waals surface area contributed by atoms with Gasteiger partial charge in [0.05, 0.1) is 5.92 Å². The van der Waals surface area contributed by atoms with Crippen LogP contribution in [0.1, 0.15) is 36.9 Å². The summed E-state index contributed by atoms with van der Waals surface area (Å²) in [6.45, 7) is 4.10. The normalized spacial score (nSPS) is 25.2. The van der Waals surface area contributed by atoms with E-state index >= 15 is 0 Å². The molecule has 2 rings (SSSR count). The first kappa shape index (κ1) is 17.4. The van der Waals surface area contributed by atoms with Crippen LogP contribution in [-0.4, -0.2) is 35.6 Å². The fourth-order valence-corrected chi connectivity index (χ4v) is 3.11. The van der Waals surface area contributed by atoms with Crippen molar-refractivity contribution in [2.24, 2.45) is 11.7 Å². The van der Waals surface area contributed by atoms with Gasteiger partial charge in [0.15, 0.2) is 0 Å². The number of carboxylic acids is 1. The predicted octanol–water partition coefficient (Wildman–Crippen LogP) is 0.952. The molecule has 0 bridgehead atoms. The zero-order valence-corrected chi connectivity index (χ0v) is 13.6. The van der Waals surface area contributed by atoms with Gasteiger partial charge in [-0.25, -0.2) is 0 Å². The second-order valence-corrected chi connectivity index (χ2v) is 6.34. The molecule has 1 amide bonds. The van der Waals surface area contributed by atoms with Crippen molar-refractivity contribution < 1.29 is 14.7 Å². The van der Waals surface area contributed by atoms with Gasteiger partial charge >= 0.3 is 5.97 Å². The summed E-state index contributed by atoms with van der Waals surface area (Å²) in [6, 6.07) is 8.22. The van der Waals surface area contributed by atoms with Crippen molar-refractivity contribution in [3.05, 3.63) is 35.4 Å². The fourth-order valence-electron chi connectivity index (χ4n) is 3.11. The smallest absolute Gasteiger partial charge is 0.307 e. The summed E-state index contributed by atoms with van der Waals surface area (Å²) < 4.78 is 0. The molecule has 1 aliphatic heterocycles. The van der Waals surface area contributed by atoms with Crippen LogP contribution in [0.5, 0.6) is 0 Å². The van der Waals surface area contributed by atoms with Gasteiger partial charge in [0.1, 0.15) is 0 Å². The lowest BCUT2D eigenvalue weighted by Gasteiger charge is -2.20. The number of rotatable bonds is 7. The molecule has 1 aliphatic rings.